The zero-order valence-electron chi connectivity index (χ0n) is 12.6. The molecule has 0 radical (unpaired) electrons. The Morgan fingerprint density at radius 2 is 1.84 bits per heavy atom. The molecule has 0 saturated heterocycles. The van der Waals surface area contributed by atoms with Crippen molar-refractivity contribution in [1.82, 2.24) is 0 Å². The van der Waals surface area contributed by atoms with Gasteiger partial charge in [-0.15, -0.1) is 0 Å². The number of aromatic hydroxyl groups is 1. The number of hydrogen-bond acceptors (Lipinski definition) is 4. The molecule has 134 valence electrons. The van der Waals surface area contributed by atoms with Gasteiger partial charge in [0.1, 0.15) is 5.75 Å². The summed E-state index contributed by atoms with van der Waals surface area (Å²) in [5.74, 6) is -1.03. The van der Waals surface area contributed by atoms with Crippen molar-refractivity contribution in [1.29, 1.82) is 0 Å². The van der Waals surface area contributed by atoms with Crippen molar-refractivity contribution >= 4 is 33.0 Å². The van der Waals surface area contributed by atoms with Gasteiger partial charge in [-0.1, -0.05) is 23.7 Å². The lowest BCUT2D eigenvalue weighted by Crippen LogP contribution is -2.23. The first-order chi connectivity index (χ1) is 11.4. The maximum absolute atomic E-state index is 12.5. The van der Waals surface area contributed by atoms with Gasteiger partial charge in [-0.05, 0) is 36.8 Å². The quantitative estimate of drug-likeness (QED) is 0.828. The number of nitrogens with one attached hydrogen (secondary N) is 1. The predicted molar refractivity (Wildman–Crippen MR) is 85.5 cm³/mol. The van der Waals surface area contributed by atoms with Crippen LogP contribution in [0.5, 0.6) is 5.75 Å². The lowest BCUT2D eigenvalue weighted by molar-refractivity contribution is -0.0436. The summed E-state index contributed by atoms with van der Waals surface area (Å²) >= 11 is 5.79. The first-order valence-electron chi connectivity index (χ1n) is 6.66. The molecule has 0 bridgehead atoms. The van der Waals surface area contributed by atoms with Crippen molar-refractivity contribution in [3.05, 3.63) is 52.5 Å². The Balaban J connectivity index is 2.36. The summed E-state index contributed by atoms with van der Waals surface area (Å²) in [4.78, 5) is 11.2. The molecule has 0 aliphatic rings. The highest BCUT2D eigenvalue weighted by Gasteiger charge is 2.47. The fourth-order valence-electron chi connectivity index (χ4n) is 2.03. The number of alkyl halides is 3. The zero-order valence-corrected chi connectivity index (χ0v) is 14.1. The second-order valence-electron chi connectivity index (χ2n) is 5.01. The molecular formula is C15H11ClF3NO4S. The lowest BCUT2D eigenvalue weighted by atomic mass is 10.1. The highest BCUT2D eigenvalue weighted by molar-refractivity contribution is 7.92. The summed E-state index contributed by atoms with van der Waals surface area (Å²) in [6, 6.07) is 6.62. The van der Waals surface area contributed by atoms with Gasteiger partial charge < -0.3 is 10.4 Å². The second kappa shape index (κ2) is 6.57. The van der Waals surface area contributed by atoms with Gasteiger partial charge in [0.15, 0.2) is 0 Å². The second-order valence-corrected chi connectivity index (χ2v) is 7.36. The van der Waals surface area contributed by atoms with Crippen LogP contribution in [0, 0.1) is 6.92 Å². The van der Waals surface area contributed by atoms with Crippen LogP contribution in [0.2, 0.25) is 5.02 Å². The number of carbonyl (C=O) groups is 1. The van der Waals surface area contributed by atoms with Gasteiger partial charge in [0, 0.05) is 0 Å². The largest absolute Gasteiger partial charge is 0.507 e. The summed E-state index contributed by atoms with van der Waals surface area (Å²) in [5, 5.41) is 11.7. The van der Waals surface area contributed by atoms with Gasteiger partial charge in [0.25, 0.3) is 15.7 Å². The Bertz CT molecular complexity index is 922. The smallest absolute Gasteiger partial charge is 0.501 e. The summed E-state index contributed by atoms with van der Waals surface area (Å²) in [6.07, 6.45) is 0. The van der Waals surface area contributed by atoms with E-state index in [9.17, 15) is 31.5 Å². The number of hydrogen-bond donors (Lipinski definition) is 2. The van der Waals surface area contributed by atoms with E-state index >= 15 is 0 Å². The van der Waals surface area contributed by atoms with Crippen LogP contribution in [0.1, 0.15) is 15.9 Å². The number of halogens is 4. The number of benzene rings is 2. The Hall–Kier alpha value is -2.26. The van der Waals surface area contributed by atoms with E-state index in [1.165, 1.54) is 12.1 Å². The Kier molecular flexibility index (Phi) is 5.01. The number of phenols is 1. The summed E-state index contributed by atoms with van der Waals surface area (Å²) in [7, 11) is -5.55. The number of phenolic OH excluding ortho intramolecular Hbond substituents is 1. The molecular weight excluding hydrogens is 383 g/mol. The molecule has 0 heterocycles. The minimum atomic E-state index is -5.55. The lowest BCUT2D eigenvalue weighted by Gasteiger charge is -2.12. The van der Waals surface area contributed by atoms with Crippen molar-refractivity contribution in [2.45, 2.75) is 17.3 Å². The maximum Gasteiger partial charge on any atom is 0.501 e. The first kappa shape index (κ1) is 19.1. The molecule has 10 heteroatoms. The molecule has 0 saturated carbocycles. The fraction of sp³-hybridized carbons (Fsp3) is 0.133. The van der Waals surface area contributed by atoms with E-state index in [1.54, 1.807) is 13.0 Å². The van der Waals surface area contributed by atoms with Gasteiger partial charge in [-0.25, -0.2) is 8.42 Å². The minimum Gasteiger partial charge on any atom is -0.507 e. The molecule has 2 aromatic rings. The van der Waals surface area contributed by atoms with Crippen LogP contribution >= 0.6 is 11.6 Å². The van der Waals surface area contributed by atoms with Crippen LogP contribution < -0.4 is 5.32 Å². The van der Waals surface area contributed by atoms with Crippen LogP contribution in [-0.4, -0.2) is 24.9 Å². The SMILES string of the molecule is Cc1cccc(O)c1C(=O)Nc1ccc(S(=O)(=O)C(F)(F)F)cc1Cl. The van der Waals surface area contributed by atoms with Crippen molar-refractivity contribution in [2.75, 3.05) is 5.32 Å². The first-order valence-corrected chi connectivity index (χ1v) is 8.52. The van der Waals surface area contributed by atoms with Crippen LogP contribution in [0.3, 0.4) is 0 Å². The van der Waals surface area contributed by atoms with Gasteiger partial charge in [0.2, 0.25) is 0 Å². The molecule has 0 aromatic heterocycles. The molecule has 0 fully saturated rings. The number of amides is 1. The molecule has 0 aliphatic heterocycles. The average molecular weight is 394 g/mol. The molecule has 0 spiro atoms. The molecule has 0 unspecified atom stereocenters. The number of anilines is 1. The summed E-state index contributed by atoms with van der Waals surface area (Å²) in [6.45, 7) is 1.58. The van der Waals surface area contributed by atoms with Crippen molar-refractivity contribution in [3.8, 4) is 5.75 Å². The zero-order chi connectivity index (χ0) is 19.0. The highest BCUT2D eigenvalue weighted by Crippen LogP contribution is 2.34. The van der Waals surface area contributed by atoms with Crippen LogP contribution in [-0.2, 0) is 9.84 Å². The highest BCUT2D eigenvalue weighted by atomic mass is 35.5. The van der Waals surface area contributed by atoms with Gasteiger partial charge in [0.05, 0.1) is 21.2 Å². The van der Waals surface area contributed by atoms with E-state index in [2.05, 4.69) is 5.32 Å². The minimum absolute atomic E-state index is 0.0365. The molecule has 1 amide bonds. The van der Waals surface area contributed by atoms with Crippen LogP contribution in [0.4, 0.5) is 18.9 Å². The number of rotatable bonds is 3. The topological polar surface area (TPSA) is 83.5 Å². The average Bonchev–Trinajstić information content (AvgIpc) is 2.47. The Morgan fingerprint density at radius 1 is 1.20 bits per heavy atom. The molecule has 25 heavy (non-hydrogen) atoms. The Morgan fingerprint density at radius 3 is 2.36 bits per heavy atom. The van der Waals surface area contributed by atoms with E-state index in [0.29, 0.717) is 17.7 Å². The number of aryl methyl sites for hydroxylation is 1. The van der Waals surface area contributed by atoms with Gasteiger partial charge in [-0.3, -0.25) is 4.79 Å². The van der Waals surface area contributed by atoms with E-state index in [4.69, 9.17) is 11.6 Å². The molecule has 0 atom stereocenters. The third kappa shape index (κ3) is 3.72. The monoisotopic (exact) mass is 393 g/mol. The summed E-state index contributed by atoms with van der Waals surface area (Å²) in [5.41, 5.74) is -5.14. The van der Waals surface area contributed by atoms with Crippen LogP contribution in [0.25, 0.3) is 0 Å². The number of sulfone groups is 1. The Labute approximate surface area is 146 Å². The normalized spacial score (nSPS) is 12.0. The van der Waals surface area contributed by atoms with E-state index in [0.717, 1.165) is 6.07 Å². The van der Waals surface area contributed by atoms with Crippen molar-refractivity contribution < 1.29 is 31.5 Å². The van der Waals surface area contributed by atoms with Crippen molar-refractivity contribution in [3.63, 3.8) is 0 Å². The van der Waals surface area contributed by atoms with Crippen LogP contribution in [0.15, 0.2) is 41.3 Å². The number of carbonyl (C=O) groups excluding carboxylic acids is 1. The molecule has 2 rings (SSSR count). The van der Waals surface area contributed by atoms with E-state index < -0.39 is 31.2 Å². The molecule has 2 N–H and O–H groups in total. The summed E-state index contributed by atoms with van der Waals surface area (Å²) < 4.78 is 60.3. The molecule has 0 aliphatic carbocycles. The third-order valence-corrected chi connectivity index (χ3v) is 5.08. The molecule has 5 nitrogen and oxygen atoms in total. The van der Waals surface area contributed by atoms with Crippen molar-refractivity contribution in [2.24, 2.45) is 0 Å². The molecule has 2 aromatic carbocycles. The standard InChI is InChI=1S/C15H11ClF3NO4S/c1-8-3-2-4-12(21)13(8)14(22)20-11-6-5-9(7-10(11)16)25(23,24)15(17,18)19/h2-7,21H,1H3,(H,20,22). The third-order valence-electron chi connectivity index (χ3n) is 3.28. The predicted octanol–water partition coefficient (Wildman–Crippen LogP) is 3.90. The van der Waals surface area contributed by atoms with Gasteiger partial charge in [-0.2, -0.15) is 13.2 Å². The van der Waals surface area contributed by atoms with Gasteiger partial charge >= 0.3 is 5.51 Å². The fourth-order valence-corrected chi connectivity index (χ4v) is 3.11. The van der Waals surface area contributed by atoms with E-state index in [-0.39, 0.29) is 17.0 Å². The van der Waals surface area contributed by atoms with E-state index in [1.807, 2.05) is 0 Å². The maximum atomic E-state index is 12.5.